The molecule has 0 saturated heterocycles. The Bertz CT molecular complexity index is 1550. The third kappa shape index (κ3) is 3.73. The largest absolute Gasteiger partial charge is 0.346 e. The summed E-state index contributed by atoms with van der Waals surface area (Å²) >= 11 is 0. The Kier molecular flexibility index (Phi) is 4.94. The van der Waals surface area contributed by atoms with Gasteiger partial charge in [-0.25, -0.2) is 18.4 Å². The van der Waals surface area contributed by atoms with E-state index in [0.717, 1.165) is 44.3 Å². The number of aromatic nitrogens is 4. The van der Waals surface area contributed by atoms with Crippen LogP contribution >= 0.6 is 0 Å². The lowest BCUT2D eigenvalue weighted by Crippen LogP contribution is -2.15. The molecule has 0 aliphatic carbocycles. The van der Waals surface area contributed by atoms with Crippen molar-refractivity contribution in [1.82, 2.24) is 19.5 Å². The highest BCUT2D eigenvalue weighted by Crippen LogP contribution is 2.33. The van der Waals surface area contributed by atoms with E-state index in [1.54, 1.807) is 12.3 Å². The first-order valence-electron chi connectivity index (χ1n) is 10.4. The number of rotatable bonds is 6. The highest BCUT2D eigenvalue weighted by molar-refractivity contribution is 7.92. The molecule has 0 unspecified atom stereocenters. The minimum absolute atomic E-state index is 0.0957. The number of aromatic amines is 1. The Morgan fingerprint density at radius 2 is 1.91 bits per heavy atom. The number of hydrogen-bond donors (Lipinski definition) is 2. The minimum Gasteiger partial charge on any atom is -0.346 e. The van der Waals surface area contributed by atoms with E-state index in [1.807, 2.05) is 55.3 Å². The molecule has 3 heterocycles. The van der Waals surface area contributed by atoms with Crippen LogP contribution in [0.25, 0.3) is 44.3 Å². The Balaban J connectivity index is 1.55. The van der Waals surface area contributed by atoms with Crippen LogP contribution in [0.4, 0.5) is 5.69 Å². The predicted octanol–water partition coefficient (Wildman–Crippen LogP) is 4.94. The van der Waals surface area contributed by atoms with Gasteiger partial charge >= 0.3 is 0 Å². The van der Waals surface area contributed by atoms with Crippen molar-refractivity contribution < 1.29 is 8.42 Å². The summed E-state index contributed by atoms with van der Waals surface area (Å²) in [5, 5.41) is 1.00. The Labute approximate surface area is 186 Å². The summed E-state index contributed by atoms with van der Waals surface area (Å²) in [6, 6.07) is 15.7. The maximum absolute atomic E-state index is 12.2. The van der Waals surface area contributed by atoms with Crippen molar-refractivity contribution in [1.29, 1.82) is 0 Å². The van der Waals surface area contributed by atoms with Crippen molar-refractivity contribution in [2.45, 2.75) is 13.3 Å². The summed E-state index contributed by atoms with van der Waals surface area (Å²) in [7, 11) is -1.36. The number of sulfonamides is 1. The zero-order valence-corrected chi connectivity index (χ0v) is 18.6. The number of benzene rings is 2. The van der Waals surface area contributed by atoms with Gasteiger partial charge in [-0.15, -0.1) is 0 Å². The number of hydrogen-bond acceptors (Lipinski definition) is 4. The first kappa shape index (κ1) is 20.3. The minimum atomic E-state index is -3.35. The Morgan fingerprint density at radius 3 is 2.75 bits per heavy atom. The lowest BCUT2D eigenvalue weighted by Gasteiger charge is -2.09. The maximum Gasteiger partial charge on any atom is 0.232 e. The standard InChI is InChI=1S/C24H23N5O2S/c1-3-9-32(30,31)28-19-6-4-5-16(10-19)18-11-20-21(14-26-24(20)25-13-18)17-7-8-22-23(12-17)29(2)15-27-22/h4-8,10-15,28H,3,9H2,1-2H3,(H,25,26). The molecule has 7 nitrogen and oxygen atoms in total. The maximum atomic E-state index is 12.2. The van der Waals surface area contributed by atoms with Gasteiger partial charge in [0.2, 0.25) is 10.0 Å². The first-order valence-corrected chi connectivity index (χ1v) is 12.1. The number of nitrogens with zero attached hydrogens (tertiary/aromatic N) is 3. The summed E-state index contributed by atoms with van der Waals surface area (Å²) in [5.74, 6) is 0.0957. The molecule has 0 atom stereocenters. The fraction of sp³-hybridized carbons (Fsp3) is 0.167. The van der Waals surface area contributed by atoms with Gasteiger partial charge in [-0.2, -0.15) is 0 Å². The van der Waals surface area contributed by atoms with Gasteiger partial charge in [0.05, 0.1) is 23.1 Å². The molecular formula is C24H23N5O2S. The van der Waals surface area contributed by atoms with E-state index in [4.69, 9.17) is 0 Å². The molecule has 0 radical (unpaired) electrons. The average Bonchev–Trinajstić information content (AvgIpc) is 3.36. The van der Waals surface area contributed by atoms with Crippen molar-refractivity contribution in [3.05, 3.63) is 67.3 Å². The van der Waals surface area contributed by atoms with Crippen LogP contribution < -0.4 is 4.72 Å². The zero-order chi connectivity index (χ0) is 22.3. The molecule has 0 spiro atoms. The van der Waals surface area contributed by atoms with E-state index in [-0.39, 0.29) is 5.75 Å². The van der Waals surface area contributed by atoms with Crippen LogP contribution in [0.2, 0.25) is 0 Å². The SMILES string of the molecule is CCCS(=O)(=O)Nc1cccc(-c2cnc3[nH]cc(-c4ccc5ncn(C)c5c4)c3c2)c1. The zero-order valence-electron chi connectivity index (χ0n) is 17.8. The number of aryl methyl sites for hydroxylation is 1. The van der Waals surface area contributed by atoms with Gasteiger partial charge in [-0.3, -0.25) is 4.72 Å². The number of nitrogens with one attached hydrogen (secondary N) is 2. The molecule has 0 saturated carbocycles. The highest BCUT2D eigenvalue weighted by Gasteiger charge is 2.12. The quantitative estimate of drug-likeness (QED) is 0.387. The van der Waals surface area contributed by atoms with Crippen LogP contribution in [-0.2, 0) is 17.1 Å². The van der Waals surface area contributed by atoms with Gasteiger partial charge in [0.15, 0.2) is 0 Å². The van der Waals surface area contributed by atoms with E-state index in [0.29, 0.717) is 12.1 Å². The van der Waals surface area contributed by atoms with Crippen molar-refractivity contribution in [3.63, 3.8) is 0 Å². The van der Waals surface area contributed by atoms with E-state index >= 15 is 0 Å². The summed E-state index contributed by atoms with van der Waals surface area (Å²) < 4.78 is 29.0. The molecule has 2 N–H and O–H groups in total. The molecular weight excluding hydrogens is 422 g/mol. The molecule has 0 amide bonds. The predicted molar refractivity (Wildman–Crippen MR) is 129 cm³/mol. The molecule has 2 aromatic carbocycles. The summed E-state index contributed by atoms with van der Waals surface area (Å²) in [4.78, 5) is 12.2. The lowest BCUT2D eigenvalue weighted by atomic mass is 10.0. The molecule has 0 aliphatic heterocycles. The number of pyridine rings is 1. The van der Waals surface area contributed by atoms with E-state index < -0.39 is 10.0 Å². The van der Waals surface area contributed by atoms with Crippen molar-refractivity contribution in [2.24, 2.45) is 7.05 Å². The van der Waals surface area contributed by atoms with Gasteiger partial charge in [0.25, 0.3) is 0 Å². The van der Waals surface area contributed by atoms with Crippen LogP contribution in [0.1, 0.15) is 13.3 Å². The monoisotopic (exact) mass is 445 g/mol. The van der Waals surface area contributed by atoms with Crippen LogP contribution in [0, 0.1) is 0 Å². The lowest BCUT2D eigenvalue weighted by molar-refractivity contribution is 0.600. The fourth-order valence-electron chi connectivity index (χ4n) is 3.96. The van der Waals surface area contributed by atoms with Gasteiger partial charge in [-0.05, 0) is 47.9 Å². The summed E-state index contributed by atoms with van der Waals surface area (Å²) in [6.45, 7) is 1.84. The highest BCUT2D eigenvalue weighted by atomic mass is 32.2. The van der Waals surface area contributed by atoms with Gasteiger partial charge in [-0.1, -0.05) is 25.1 Å². The molecule has 3 aromatic heterocycles. The number of H-pyrrole nitrogens is 1. The Morgan fingerprint density at radius 1 is 1.03 bits per heavy atom. The van der Waals surface area contributed by atoms with Crippen LogP contribution in [0.15, 0.2) is 67.3 Å². The van der Waals surface area contributed by atoms with Crippen LogP contribution in [0.5, 0.6) is 0 Å². The second-order valence-electron chi connectivity index (χ2n) is 7.88. The molecule has 0 fully saturated rings. The number of imidazole rings is 1. The van der Waals surface area contributed by atoms with Crippen LogP contribution in [0.3, 0.4) is 0 Å². The number of anilines is 1. The van der Waals surface area contributed by atoms with E-state index in [1.165, 1.54) is 0 Å². The van der Waals surface area contributed by atoms with Crippen LogP contribution in [-0.4, -0.2) is 33.7 Å². The first-order chi connectivity index (χ1) is 15.4. The molecule has 0 bridgehead atoms. The average molecular weight is 446 g/mol. The molecule has 8 heteroatoms. The van der Waals surface area contributed by atoms with Crippen molar-refractivity contribution in [2.75, 3.05) is 10.5 Å². The van der Waals surface area contributed by atoms with Crippen molar-refractivity contribution >= 4 is 37.8 Å². The van der Waals surface area contributed by atoms with Gasteiger partial charge in [0.1, 0.15) is 5.65 Å². The van der Waals surface area contributed by atoms with Gasteiger partial charge in [0, 0.05) is 41.6 Å². The molecule has 5 aromatic rings. The third-order valence-electron chi connectivity index (χ3n) is 5.51. The number of fused-ring (bicyclic) bond motifs is 2. The normalized spacial score (nSPS) is 11.9. The molecule has 5 rings (SSSR count). The second kappa shape index (κ2) is 7.80. The molecule has 32 heavy (non-hydrogen) atoms. The summed E-state index contributed by atoms with van der Waals surface area (Å²) in [5.41, 5.74) is 7.30. The van der Waals surface area contributed by atoms with E-state index in [9.17, 15) is 8.42 Å². The van der Waals surface area contributed by atoms with Crippen molar-refractivity contribution in [3.8, 4) is 22.3 Å². The third-order valence-corrected chi connectivity index (χ3v) is 7.00. The summed E-state index contributed by atoms with van der Waals surface area (Å²) in [6.07, 6.45) is 6.14. The topological polar surface area (TPSA) is 92.7 Å². The smallest absolute Gasteiger partial charge is 0.232 e. The second-order valence-corrected chi connectivity index (χ2v) is 9.73. The fourth-order valence-corrected chi connectivity index (χ4v) is 5.08. The van der Waals surface area contributed by atoms with Gasteiger partial charge < -0.3 is 9.55 Å². The molecule has 162 valence electrons. The van der Waals surface area contributed by atoms with E-state index in [2.05, 4.69) is 37.9 Å². The molecule has 0 aliphatic rings. The Hall–Kier alpha value is -3.65.